The predicted molar refractivity (Wildman–Crippen MR) is 83.5 cm³/mol. The van der Waals surface area contributed by atoms with Gasteiger partial charge in [0.1, 0.15) is 5.82 Å². The van der Waals surface area contributed by atoms with E-state index in [0.29, 0.717) is 0 Å². The van der Waals surface area contributed by atoms with Crippen molar-refractivity contribution >= 4 is 23.4 Å². The van der Waals surface area contributed by atoms with Crippen LogP contribution in [-0.2, 0) is 9.59 Å². The van der Waals surface area contributed by atoms with Crippen LogP contribution in [0.1, 0.15) is 30.1 Å². The van der Waals surface area contributed by atoms with Crippen LogP contribution >= 0.6 is 0 Å². The Morgan fingerprint density at radius 3 is 2.52 bits per heavy atom. The van der Waals surface area contributed by atoms with Crippen LogP contribution in [0.5, 0.6) is 0 Å². The molecular weight excluding hydrogens is 301 g/mol. The molecule has 23 heavy (non-hydrogen) atoms. The van der Waals surface area contributed by atoms with Crippen molar-refractivity contribution in [3.8, 4) is 0 Å². The second-order valence-corrected chi connectivity index (χ2v) is 5.62. The maximum atomic E-state index is 13.6. The lowest BCUT2D eigenvalue weighted by Gasteiger charge is -2.21. The van der Waals surface area contributed by atoms with Crippen molar-refractivity contribution in [1.82, 2.24) is 9.80 Å². The molecule has 0 radical (unpaired) electrons. The van der Waals surface area contributed by atoms with E-state index >= 15 is 0 Å². The van der Waals surface area contributed by atoms with Crippen molar-refractivity contribution in [3.63, 3.8) is 0 Å². The third-order valence-electron chi connectivity index (χ3n) is 3.70. The number of halogens is 1. The number of nitrogens with one attached hydrogen (secondary N) is 1. The van der Waals surface area contributed by atoms with Crippen molar-refractivity contribution < 1.29 is 18.8 Å². The van der Waals surface area contributed by atoms with Gasteiger partial charge in [0, 0.05) is 32.6 Å². The molecule has 1 saturated heterocycles. The van der Waals surface area contributed by atoms with Gasteiger partial charge in [0.05, 0.1) is 12.2 Å². The number of benzene rings is 1. The number of anilines is 1. The number of likely N-dealkylation sites (N-methyl/N-ethyl adjacent to an activating group) is 1. The van der Waals surface area contributed by atoms with Crippen LogP contribution in [0.25, 0.3) is 0 Å². The fourth-order valence-corrected chi connectivity index (χ4v) is 2.51. The molecule has 0 unspecified atom stereocenters. The molecule has 1 aliphatic rings. The Labute approximate surface area is 134 Å². The van der Waals surface area contributed by atoms with Gasteiger partial charge in [-0.2, -0.15) is 0 Å². The quantitative estimate of drug-likeness (QED) is 0.913. The summed E-state index contributed by atoms with van der Waals surface area (Å²) in [4.78, 5) is 38.5. The molecule has 7 heteroatoms. The number of amides is 3. The number of nitrogens with zero attached hydrogens (tertiary/aromatic N) is 2. The van der Waals surface area contributed by atoms with Crippen LogP contribution < -0.4 is 5.32 Å². The number of carbonyl (C=O) groups excluding carboxylic acids is 3. The van der Waals surface area contributed by atoms with E-state index in [4.69, 9.17) is 0 Å². The number of carbonyl (C=O) groups is 3. The Kier molecular flexibility index (Phi) is 5.31. The smallest absolute Gasteiger partial charge is 0.254 e. The van der Waals surface area contributed by atoms with Gasteiger partial charge in [-0.15, -0.1) is 0 Å². The minimum atomic E-state index is -0.618. The molecule has 1 heterocycles. The molecule has 2 rings (SSSR count). The molecular formula is C16H20FN3O3. The Bertz CT molecular complexity index is 627. The monoisotopic (exact) mass is 321 g/mol. The Balaban J connectivity index is 2.06. The second kappa shape index (κ2) is 7.21. The van der Waals surface area contributed by atoms with Gasteiger partial charge in [-0.3, -0.25) is 14.4 Å². The largest absolute Gasteiger partial charge is 0.341 e. The van der Waals surface area contributed by atoms with Gasteiger partial charge in [0.2, 0.25) is 11.8 Å². The van der Waals surface area contributed by atoms with Gasteiger partial charge in [-0.05, 0) is 31.0 Å². The van der Waals surface area contributed by atoms with E-state index in [2.05, 4.69) is 5.32 Å². The van der Waals surface area contributed by atoms with Crippen LogP contribution in [0.4, 0.5) is 10.1 Å². The van der Waals surface area contributed by atoms with E-state index in [0.717, 1.165) is 32.0 Å². The Morgan fingerprint density at radius 2 is 1.91 bits per heavy atom. The first-order valence-electron chi connectivity index (χ1n) is 7.49. The molecule has 1 aromatic carbocycles. The summed E-state index contributed by atoms with van der Waals surface area (Å²) < 4.78 is 13.6. The molecule has 0 aromatic heterocycles. The number of likely N-dealkylation sites (tertiary alicyclic amines) is 1. The molecule has 1 aromatic rings. The fourth-order valence-electron chi connectivity index (χ4n) is 2.51. The van der Waals surface area contributed by atoms with Crippen molar-refractivity contribution in [2.75, 3.05) is 32.0 Å². The third kappa shape index (κ3) is 4.28. The maximum absolute atomic E-state index is 13.6. The molecule has 0 saturated carbocycles. The van der Waals surface area contributed by atoms with E-state index < -0.39 is 17.6 Å². The van der Waals surface area contributed by atoms with E-state index in [-0.39, 0.29) is 23.7 Å². The zero-order valence-electron chi connectivity index (χ0n) is 13.3. The maximum Gasteiger partial charge on any atom is 0.254 e. The molecule has 0 atom stereocenters. The summed E-state index contributed by atoms with van der Waals surface area (Å²) in [5.74, 6) is -1.54. The summed E-state index contributed by atoms with van der Waals surface area (Å²) in [5.41, 5.74) is 0.162. The SMILES string of the molecule is CC(=O)Nc1cc(C(=O)N(C)CC(=O)N2CCCC2)ccc1F. The van der Waals surface area contributed by atoms with Gasteiger partial charge < -0.3 is 15.1 Å². The second-order valence-electron chi connectivity index (χ2n) is 5.62. The highest BCUT2D eigenvalue weighted by Gasteiger charge is 2.22. The lowest BCUT2D eigenvalue weighted by molar-refractivity contribution is -0.130. The molecule has 6 nitrogen and oxygen atoms in total. The van der Waals surface area contributed by atoms with E-state index in [1.165, 1.54) is 31.0 Å². The van der Waals surface area contributed by atoms with Crippen molar-refractivity contribution in [3.05, 3.63) is 29.6 Å². The lowest BCUT2D eigenvalue weighted by Crippen LogP contribution is -2.39. The molecule has 0 spiro atoms. The highest BCUT2D eigenvalue weighted by atomic mass is 19.1. The molecule has 124 valence electrons. The van der Waals surface area contributed by atoms with Crippen LogP contribution in [0, 0.1) is 5.82 Å². The number of hydrogen-bond acceptors (Lipinski definition) is 3. The summed E-state index contributed by atoms with van der Waals surface area (Å²) in [6.45, 7) is 2.69. The summed E-state index contributed by atoms with van der Waals surface area (Å²) in [6.07, 6.45) is 1.98. The summed E-state index contributed by atoms with van der Waals surface area (Å²) in [6, 6.07) is 3.73. The first-order valence-corrected chi connectivity index (χ1v) is 7.49. The number of hydrogen-bond donors (Lipinski definition) is 1. The van der Waals surface area contributed by atoms with Crippen LogP contribution in [0.2, 0.25) is 0 Å². The van der Waals surface area contributed by atoms with Gasteiger partial charge in [0.25, 0.3) is 5.91 Å². The lowest BCUT2D eigenvalue weighted by atomic mass is 10.1. The van der Waals surface area contributed by atoms with Crippen molar-refractivity contribution in [2.24, 2.45) is 0 Å². The minimum Gasteiger partial charge on any atom is -0.341 e. The summed E-state index contributed by atoms with van der Waals surface area (Å²) >= 11 is 0. The predicted octanol–water partition coefficient (Wildman–Crippen LogP) is 1.48. The first-order chi connectivity index (χ1) is 10.9. The van der Waals surface area contributed by atoms with Crippen LogP contribution in [-0.4, -0.2) is 54.2 Å². The molecule has 1 aliphatic heterocycles. The van der Waals surface area contributed by atoms with Gasteiger partial charge in [-0.25, -0.2) is 4.39 Å². The summed E-state index contributed by atoms with van der Waals surface area (Å²) in [7, 11) is 1.53. The minimum absolute atomic E-state index is 0.0221. The Morgan fingerprint density at radius 1 is 1.26 bits per heavy atom. The molecule has 3 amide bonds. The van der Waals surface area contributed by atoms with Crippen molar-refractivity contribution in [1.29, 1.82) is 0 Å². The standard InChI is InChI=1S/C16H20FN3O3/c1-11(21)18-14-9-12(5-6-13(14)17)16(23)19(2)10-15(22)20-7-3-4-8-20/h5-6,9H,3-4,7-8,10H2,1-2H3,(H,18,21). The van der Waals surface area contributed by atoms with E-state index in [9.17, 15) is 18.8 Å². The first kappa shape index (κ1) is 16.9. The van der Waals surface area contributed by atoms with Gasteiger partial charge >= 0.3 is 0 Å². The average molecular weight is 321 g/mol. The summed E-state index contributed by atoms with van der Waals surface area (Å²) in [5, 5.41) is 2.33. The van der Waals surface area contributed by atoms with Gasteiger partial charge in [-0.1, -0.05) is 0 Å². The van der Waals surface area contributed by atoms with Crippen molar-refractivity contribution in [2.45, 2.75) is 19.8 Å². The molecule has 1 fully saturated rings. The zero-order valence-corrected chi connectivity index (χ0v) is 13.3. The molecule has 1 N–H and O–H groups in total. The topological polar surface area (TPSA) is 69.7 Å². The fraction of sp³-hybridized carbons (Fsp3) is 0.438. The zero-order chi connectivity index (χ0) is 17.0. The molecule has 0 aliphatic carbocycles. The van der Waals surface area contributed by atoms with Crippen LogP contribution in [0.15, 0.2) is 18.2 Å². The van der Waals surface area contributed by atoms with E-state index in [1.807, 2.05) is 0 Å². The molecule has 0 bridgehead atoms. The third-order valence-corrected chi connectivity index (χ3v) is 3.70. The Hall–Kier alpha value is -2.44. The number of rotatable bonds is 4. The van der Waals surface area contributed by atoms with E-state index in [1.54, 1.807) is 4.90 Å². The van der Waals surface area contributed by atoms with Crippen LogP contribution in [0.3, 0.4) is 0 Å². The average Bonchev–Trinajstić information content (AvgIpc) is 3.02. The highest BCUT2D eigenvalue weighted by Crippen LogP contribution is 2.17. The normalized spacial score (nSPS) is 13.8. The highest BCUT2D eigenvalue weighted by molar-refractivity contribution is 5.98. The van der Waals surface area contributed by atoms with Gasteiger partial charge in [0.15, 0.2) is 0 Å².